The fraction of sp³-hybridized carbons (Fsp3) is 0.750. The number of rotatable bonds is 4. The van der Waals surface area contributed by atoms with Crippen LogP contribution in [0.15, 0.2) is 15.9 Å². The van der Waals surface area contributed by atoms with Crippen LogP contribution in [0.25, 0.3) is 0 Å². The molecule has 0 radical (unpaired) electrons. The minimum absolute atomic E-state index is 0.468. The van der Waals surface area contributed by atoms with Gasteiger partial charge in [0.25, 0.3) is 0 Å². The lowest BCUT2D eigenvalue weighted by atomic mass is 9.50. The van der Waals surface area contributed by atoms with Crippen molar-refractivity contribution in [3.63, 3.8) is 0 Å². The van der Waals surface area contributed by atoms with Gasteiger partial charge in [-0.3, -0.25) is 11.3 Å². The van der Waals surface area contributed by atoms with Crippen molar-refractivity contribution in [2.24, 2.45) is 35.4 Å². The first kappa shape index (κ1) is 13.7. The highest BCUT2D eigenvalue weighted by Gasteiger charge is 2.50. The second-order valence-electron chi connectivity index (χ2n) is 7.22. The van der Waals surface area contributed by atoms with Crippen molar-refractivity contribution in [3.05, 3.63) is 20.8 Å². The largest absolute Gasteiger partial charge is 0.271 e. The van der Waals surface area contributed by atoms with Gasteiger partial charge < -0.3 is 0 Å². The van der Waals surface area contributed by atoms with Crippen LogP contribution < -0.4 is 11.3 Å². The molecular formula is C16H23BrN2S. The van der Waals surface area contributed by atoms with E-state index in [0.717, 1.165) is 36.0 Å². The van der Waals surface area contributed by atoms with E-state index in [4.69, 9.17) is 5.84 Å². The third-order valence-corrected chi connectivity index (χ3v) is 7.74. The molecule has 1 aromatic heterocycles. The van der Waals surface area contributed by atoms with E-state index in [0.29, 0.717) is 6.04 Å². The number of nitrogens with one attached hydrogen (secondary N) is 1. The third kappa shape index (κ3) is 2.39. The topological polar surface area (TPSA) is 38.0 Å². The average Bonchev–Trinajstić information content (AvgIpc) is 2.81. The van der Waals surface area contributed by atoms with Crippen molar-refractivity contribution >= 4 is 27.3 Å². The summed E-state index contributed by atoms with van der Waals surface area (Å²) in [4.78, 5) is 1.45. The summed E-state index contributed by atoms with van der Waals surface area (Å²) in [6.45, 7) is 0. The Bertz CT molecular complexity index is 459. The molecule has 0 amide bonds. The van der Waals surface area contributed by atoms with E-state index in [9.17, 15) is 0 Å². The van der Waals surface area contributed by atoms with Crippen LogP contribution in [0.3, 0.4) is 0 Å². The number of thiophene rings is 1. The van der Waals surface area contributed by atoms with Gasteiger partial charge in [0.1, 0.15) is 0 Å². The van der Waals surface area contributed by atoms with Crippen LogP contribution in [0.5, 0.6) is 0 Å². The van der Waals surface area contributed by atoms with Crippen LogP contribution in [0, 0.1) is 29.6 Å². The molecule has 4 bridgehead atoms. The molecule has 4 aliphatic rings. The molecule has 1 unspecified atom stereocenters. The Labute approximate surface area is 133 Å². The van der Waals surface area contributed by atoms with Crippen LogP contribution in [0.4, 0.5) is 0 Å². The van der Waals surface area contributed by atoms with Crippen LogP contribution in [-0.4, -0.2) is 6.04 Å². The standard InChI is InChI=1S/C16H23BrN2S/c17-13-6-14(20-8-13)7-15(19-18)16-11-2-9-1-10(4-11)5-12(16)3-9/h6,8-12,15-16,19H,1-5,7,18H2. The van der Waals surface area contributed by atoms with Gasteiger partial charge in [-0.15, -0.1) is 11.3 Å². The molecule has 1 aromatic rings. The Morgan fingerprint density at radius 2 is 1.85 bits per heavy atom. The summed E-state index contributed by atoms with van der Waals surface area (Å²) in [6.07, 6.45) is 8.53. The normalized spacial score (nSPS) is 40.2. The molecule has 4 heteroatoms. The van der Waals surface area contributed by atoms with Crippen LogP contribution in [0.2, 0.25) is 0 Å². The molecule has 0 saturated heterocycles. The highest BCUT2D eigenvalue weighted by Crippen LogP contribution is 2.57. The number of hydrazine groups is 1. The summed E-state index contributed by atoms with van der Waals surface area (Å²) in [5.74, 6) is 10.7. The molecule has 1 atom stereocenters. The molecule has 1 heterocycles. The number of hydrogen-bond acceptors (Lipinski definition) is 3. The second kappa shape index (κ2) is 5.38. The predicted octanol–water partition coefficient (Wildman–Crippen LogP) is 3.96. The molecule has 0 aliphatic heterocycles. The van der Waals surface area contributed by atoms with Gasteiger partial charge in [-0.2, -0.15) is 0 Å². The van der Waals surface area contributed by atoms with Crippen molar-refractivity contribution in [2.75, 3.05) is 0 Å². The number of halogens is 1. The summed E-state index contributed by atoms with van der Waals surface area (Å²) < 4.78 is 1.21. The first-order valence-corrected chi connectivity index (χ1v) is 9.59. The van der Waals surface area contributed by atoms with Crippen LogP contribution in [-0.2, 0) is 6.42 Å². The Morgan fingerprint density at radius 3 is 2.35 bits per heavy atom. The highest BCUT2D eigenvalue weighted by atomic mass is 79.9. The van der Waals surface area contributed by atoms with Gasteiger partial charge in [-0.25, -0.2) is 0 Å². The lowest BCUT2D eigenvalue weighted by Crippen LogP contribution is -2.55. The van der Waals surface area contributed by atoms with E-state index >= 15 is 0 Å². The zero-order chi connectivity index (χ0) is 13.7. The van der Waals surface area contributed by atoms with Crippen molar-refractivity contribution in [2.45, 2.75) is 44.6 Å². The summed E-state index contributed by atoms with van der Waals surface area (Å²) in [7, 11) is 0. The zero-order valence-corrected chi connectivity index (χ0v) is 14.1. The van der Waals surface area contributed by atoms with Crippen LogP contribution in [0.1, 0.15) is 37.0 Å². The summed E-state index contributed by atoms with van der Waals surface area (Å²) in [6, 6.07) is 2.72. The van der Waals surface area contributed by atoms with E-state index in [-0.39, 0.29) is 0 Å². The van der Waals surface area contributed by atoms with Crippen molar-refractivity contribution in [1.29, 1.82) is 0 Å². The molecule has 0 spiro atoms. The molecule has 4 aliphatic carbocycles. The van der Waals surface area contributed by atoms with Gasteiger partial charge in [-0.1, -0.05) is 0 Å². The molecule has 5 rings (SSSR count). The quantitative estimate of drug-likeness (QED) is 0.634. The van der Waals surface area contributed by atoms with Crippen molar-refractivity contribution in [3.8, 4) is 0 Å². The van der Waals surface area contributed by atoms with E-state index in [1.54, 1.807) is 0 Å². The molecule has 2 nitrogen and oxygen atoms in total. The first-order valence-electron chi connectivity index (χ1n) is 7.92. The van der Waals surface area contributed by atoms with Gasteiger partial charge in [0.15, 0.2) is 0 Å². The van der Waals surface area contributed by atoms with E-state index in [2.05, 4.69) is 32.8 Å². The average molecular weight is 355 g/mol. The molecule has 4 fully saturated rings. The second-order valence-corrected chi connectivity index (χ2v) is 9.13. The van der Waals surface area contributed by atoms with Gasteiger partial charge in [-0.05, 0) is 90.1 Å². The minimum Gasteiger partial charge on any atom is -0.271 e. The van der Waals surface area contributed by atoms with Crippen molar-refractivity contribution in [1.82, 2.24) is 5.43 Å². The van der Waals surface area contributed by atoms with E-state index in [1.807, 2.05) is 11.3 Å². The Kier molecular flexibility index (Phi) is 3.70. The Hall–Kier alpha value is 0.1000. The van der Waals surface area contributed by atoms with Gasteiger partial charge >= 0.3 is 0 Å². The lowest BCUT2D eigenvalue weighted by Gasteiger charge is -2.56. The van der Waals surface area contributed by atoms with Gasteiger partial charge in [0, 0.05) is 20.8 Å². The smallest absolute Gasteiger partial charge is 0.0292 e. The zero-order valence-electron chi connectivity index (χ0n) is 11.7. The highest BCUT2D eigenvalue weighted by molar-refractivity contribution is 9.10. The minimum atomic E-state index is 0.468. The molecule has 3 N–H and O–H groups in total. The first-order chi connectivity index (χ1) is 9.72. The molecule has 20 heavy (non-hydrogen) atoms. The SMILES string of the molecule is NNC(Cc1cc(Br)cs1)C1C2CC3CC(C2)CC1C3. The Morgan fingerprint density at radius 1 is 1.20 bits per heavy atom. The third-order valence-electron chi connectivity index (χ3n) is 6.02. The molecular weight excluding hydrogens is 332 g/mol. The fourth-order valence-corrected chi connectivity index (χ4v) is 7.12. The molecule has 0 aromatic carbocycles. The maximum absolute atomic E-state index is 5.95. The predicted molar refractivity (Wildman–Crippen MR) is 87.4 cm³/mol. The number of hydrogen-bond donors (Lipinski definition) is 2. The van der Waals surface area contributed by atoms with E-state index in [1.165, 1.54) is 41.5 Å². The summed E-state index contributed by atoms with van der Waals surface area (Å²) in [5.41, 5.74) is 3.18. The van der Waals surface area contributed by atoms with E-state index < -0.39 is 0 Å². The summed E-state index contributed by atoms with van der Waals surface area (Å²) >= 11 is 5.41. The Balaban J connectivity index is 1.52. The molecule has 110 valence electrons. The fourth-order valence-electron chi connectivity index (χ4n) is 5.61. The monoisotopic (exact) mass is 354 g/mol. The van der Waals surface area contributed by atoms with Gasteiger partial charge in [0.05, 0.1) is 0 Å². The molecule has 4 saturated carbocycles. The lowest BCUT2D eigenvalue weighted by molar-refractivity contribution is -0.0516. The van der Waals surface area contributed by atoms with Crippen molar-refractivity contribution < 1.29 is 0 Å². The van der Waals surface area contributed by atoms with Gasteiger partial charge in [0.2, 0.25) is 0 Å². The van der Waals surface area contributed by atoms with Crippen LogP contribution >= 0.6 is 27.3 Å². The summed E-state index contributed by atoms with van der Waals surface area (Å²) in [5, 5.41) is 2.18. The maximum Gasteiger partial charge on any atom is 0.0292 e. The number of nitrogens with two attached hydrogens (primary N) is 1. The maximum atomic E-state index is 5.95.